The summed E-state index contributed by atoms with van der Waals surface area (Å²) in [5, 5.41) is 13.8. The molecule has 0 aromatic carbocycles. The monoisotopic (exact) mass is 372 g/mol. The lowest BCUT2D eigenvalue weighted by Gasteiger charge is -2.05. The molecule has 25 heavy (non-hydrogen) atoms. The minimum absolute atomic E-state index is 0.218. The SMILES string of the molecule is O=C(NCCn1cc(Cl)cn1)c1cnn2c(-c3cccs3)ccnc12. The number of aromatic nitrogens is 5. The van der Waals surface area contributed by atoms with Gasteiger partial charge in [0.25, 0.3) is 5.91 Å². The van der Waals surface area contributed by atoms with E-state index in [4.69, 9.17) is 11.6 Å². The predicted octanol–water partition coefficient (Wildman–Crippen LogP) is 2.74. The lowest BCUT2D eigenvalue weighted by atomic mass is 10.3. The molecule has 0 aliphatic carbocycles. The zero-order chi connectivity index (χ0) is 17.2. The highest BCUT2D eigenvalue weighted by Crippen LogP contribution is 2.25. The summed E-state index contributed by atoms with van der Waals surface area (Å²) < 4.78 is 3.36. The maximum absolute atomic E-state index is 12.5. The molecule has 0 aliphatic rings. The zero-order valence-corrected chi connectivity index (χ0v) is 14.5. The molecule has 4 heterocycles. The summed E-state index contributed by atoms with van der Waals surface area (Å²) in [6.07, 6.45) is 6.50. The van der Waals surface area contributed by atoms with Crippen LogP contribution >= 0.6 is 22.9 Å². The van der Waals surface area contributed by atoms with E-state index in [1.807, 2.05) is 23.6 Å². The Labute approximate surface area is 151 Å². The Balaban J connectivity index is 1.53. The van der Waals surface area contributed by atoms with Crippen molar-refractivity contribution >= 4 is 34.5 Å². The van der Waals surface area contributed by atoms with E-state index in [0.717, 1.165) is 10.6 Å². The second-order valence-corrected chi connectivity index (χ2v) is 6.66. The summed E-state index contributed by atoms with van der Waals surface area (Å²) in [5.74, 6) is -0.218. The normalized spacial score (nSPS) is 11.1. The molecule has 1 N–H and O–H groups in total. The quantitative estimate of drug-likeness (QED) is 0.584. The largest absolute Gasteiger partial charge is 0.350 e. The molecule has 0 bridgehead atoms. The molecule has 0 saturated heterocycles. The number of fused-ring (bicyclic) bond motifs is 1. The van der Waals surface area contributed by atoms with Crippen LogP contribution in [-0.2, 0) is 6.54 Å². The van der Waals surface area contributed by atoms with Gasteiger partial charge < -0.3 is 5.32 Å². The minimum Gasteiger partial charge on any atom is -0.350 e. The van der Waals surface area contributed by atoms with Crippen molar-refractivity contribution < 1.29 is 4.79 Å². The second kappa shape index (κ2) is 6.66. The fourth-order valence-electron chi connectivity index (χ4n) is 2.50. The molecule has 0 atom stereocenters. The van der Waals surface area contributed by atoms with E-state index in [-0.39, 0.29) is 5.91 Å². The van der Waals surface area contributed by atoms with Crippen molar-refractivity contribution in [1.82, 2.24) is 29.7 Å². The van der Waals surface area contributed by atoms with Gasteiger partial charge in [0, 0.05) is 18.9 Å². The Kier molecular flexibility index (Phi) is 4.21. The lowest BCUT2D eigenvalue weighted by molar-refractivity contribution is 0.0953. The third-order valence-electron chi connectivity index (χ3n) is 3.65. The van der Waals surface area contributed by atoms with E-state index < -0.39 is 0 Å². The molecular formula is C16H13ClN6OS. The molecule has 7 nitrogen and oxygen atoms in total. The first kappa shape index (κ1) is 15.8. The van der Waals surface area contributed by atoms with Crippen molar-refractivity contribution in [2.24, 2.45) is 0 Å². The van der Waals surface area contributed by atoms with Crippen LogP contribution in [0.25, 0.3) is 16.2 Å². The van der Waals surface area contributed by atoms with E-state index in [1.165, 1.54) is 0 Å². The molecule has 0 fully saturated rings. The molecule has 0 aliphatic heterocycles. The molecule has 1 amide bonds. The maximum atomic E-state index is 12.5. The number of rotatable bonds is 5. The average Bonchev–Trinajstić information content (AvgIpc) is 3.35. The first-order valence-corrected chi connectivity index (χ1v) is 8.81. The van der Waals surface area contributed by atoms with Gasteiger partial charge >= 0.3 is 0 Å². The van der Waals surface area contributed by atoms with Crippen molar-refractivity contribution in [3.05, 3.63) is 59.0 Å². The third-order valence-corrected chi connectivity index (χ3v) is 4.74. The van der Waals surface area contributed by atoms with Crippen LogP contribution in [0.5, 0.6) is 0 Å². The molecule has 9 heteroatoms. The number of halogens is 1. The molecule has 0 radical (unpaired) electrons. The van der Waals surface area contributed by atoms with Crippen LogP contribution in [0.4, 0.5) is 0 Å². The number of thiophene rings is 1. The smallest absolute Gasteiger partial charge is 0.256 e. The van der Waals surface area contributed by atoms with E-state index in [0.29, 0.717) is 29.3 Å². The predicted molar refractivity (Wildman–Crippen MR) is 95.9 cm³/mol. The van der Waals surface area contributed by atoms with Gasteiger partial charge in [0.1, 0.15) is 5.56 Å². The van der Waals surface area contributed by atoms with Crippen LogP contribution in [0.15, 0.2) is 48.4 Å². The fraction of sp³-hybridized carbons (Fsp3) is 0.125. The summed E-state index contributed by atoms with van der Waals surface area (Å²) in [6.45, 7) is 0.963. The van der Waals surface area contributed by atoms with Crippen molar-refractivity contribution in [3.63, 3.8) is 0 Å². The van der Waals surface area contributed by atoms with E-state index in [1.54, 1.807) is 45.3 Å². The van der Waals surface area contributed by atoms with Crippen LogP contribution < -0.4 is 5.32 Å². The topological polar surface area (TPSA) is 77.1 Å². The number of hydrogen-bond donors (Lipinski definition) is 1. The van der Waals surface area contributed by atoms with Crippen LogP contribution in [-0.4, -0.2) is 36.8 Å². The number of carbonyl (C=O) groups is 1. The van der Waals surface area contributed by atoms with Crippen LogP contribution in [0.2, 0.25) is 5.02 Å². The zero-order valence-electron chi connectivity index (χ0n) is 13.0. The number of nitrogens with one attached hydrogen (secondary N) is 1. The molecule has 0 spiro atoms. The van der Waals surface area contributed by atoms with Gasteiger partial charge in [-0.1, -0.05) is 17.7 Å². The highest BCUT2D eigenvalue weighted by Gasteiger charge is 2.16. The first-order valence-electron chi connectivity index (χ1n) is 7.55. The Morgan fingerprint density at radius 2 is 2.20 bits per heavy atom. The van der Waals surface area contributed by atoms with Crippen molar-refractivity contribution in [2.75, 3.05) is 6.54 Å². The molecule has 4 aromatic rings. The van der Waals surface area contributed by atoms with Crippen molar-refractivity contribution in [1.29, 1.82) is 0 Å². The molecule has 126 valence electrons. The fourth-order valence-corrected chi connectivity index (χ4v) is 3.39. The van der Waals surface area contributed by atoms with Gasteiger partial charge in [0.05, 0.1) is 34.5 Å². The molecule has 0 unspecified atom stereocenters. The second-order valence-electron chi connectivity index (χ2n) is 5.28. The highest BCUT2D eigenvalue weighted by molar-refractivity contribution is 7.13. The van der Waals surface area contributed by atoms with Gasteiger partial charge in [-0.15, -0.1) is 11.3 Å². The van der Waals surface area contributed by atoms with E-state index in [9.17, 15) is 4.79 Å². The molecule has 0 saturated carbocycles. The van der Waals surface area contributed by atoms with Gasteiger partial charge in [-0.3, -0.25) is 9.48 Å². The van der Waals surface area contributed by atoms with Crippen LogP contribution in [0.3, 0.4) is 0 Å². The van der Waals surface area contributed by atoms with Gasteiger partial charge in [-0.05, 0) is 17.5 Å². The Bertz CT molecular complexity index is 1020. The summed E-state index contributed by atoms with van der Waals surface area (Å²) in [4.78, 5) is 17.8. The van der Waals surface area contributed by atoms with E-state index >= 15 is 0 Å². The van der Waals surface area contributed by atoms with Gasteiger partial charge in [-0.25, -0.2) is 9.50 Å². The number of nitrogens with zero attached hydrogens (tertiary/aromatic N) is 5. The number of carbonyl (C=O) groups excluding carboxylic acids is 1. The molecular weight excluding hydrogens is 360 g/mol. The Morgan fingerprint density at radius 3 is 2.96 bits per heavy atom. The maximum Gasteiger partial charge on any atom is 0.256 e. The summed E-state index contributed by atoms with van der Waals surface area (Å²) >= 11 is 7.43. The van der Waals surface area contributed by atoms with Crippen LogP contribution in [0, 0.1) is 0 Å². The summed E-state index contributed by atoms with van der Waals surface area (Å²) in [7, 11) is 0. The third kappa shape index (κ3) is 3.13. The first-order chi connectivity index (χ1) is 12.2. The molecule has 4 rings (SSSR count). The van der Waals surface area contributed by atoms with Crippen molar-refractivity contribution in [2.45, 2.75) is 6.54 Å². The molecule has 4 aromatic heterocycles. The Hall–Kier alpha value is -2.71. The summed E-state index contributed by atoms with van der Waals surface area (Å²) in [5.41, 5.74) is 1.88. The highest BCUT2D eigenvalue weighted by atomic mass is 35.5. The van der Waals surface area contributed by atoms with Crippen molar-refractivity contribution in [3.8, 4) is 10.6 Å². The number of hydrogen-bond acceptors (Lipinski definition) is 5. The minimum atomic E-state index is -0.218. The van der Waals surface area contributed by atoms with E-state index in [2.05, 4.69) is 20.5 Å². The van der Waals surface area contributed by atoms with Gasteiger partial charge in [0.15, 0.2) is 5.65 Å². The standard InChI is InChI=1S/C16H13ClN6OS/c17-11-8-20-22(10-11)6-5-19-16(24)12-9-21-23-13(3-4-18-15(12)23)14-2-1-7-25-14/h1-4,7-10H,5-6H2,(H,19,24). The number of amides is 1. The Morgan fingerprint density at radius 1 is 1.28 bits per heavy atom. The summed E-state index contributed by atoms with van der Waals surface area (Å²) in [6, 6.07) is 5.87. The van der Waals surface area contributed by atoms with Gasteiger partial charge in [0.2, 0.25) is 0 Å². The lowest BCUT2D eigenvalue weighted by Crippen LogP contribution is -2.27. The average molecular weight is 373 g/mol. The van der Waals surface area contributed by atoms with Crippen LogP contribution in [0.1, 0.15) is 10.4 Å². The van der Waals surface area contributed by atoms with Gasteiger partial charge in [-0.2, -0.15) is 10.2 Å².